The molecule has 0 aliphatic heterocycles. The van der Waals surface area contributed by atoms with Gasteiger partial charge < -0.3 is 14.8 Å². The quantitative estimate of drug-likeness (QED) is 0.434. The van der Waals surface area contributed by atoms with Gasteiger partial charge in [0.25, 0.3) is 0 Å². The van der Waals surface area contributed by atoms with Gasteiger partial charge in [-0.3, -0.25) is 0 Å². The van der Waals surface area contributed by atoms with E-state index in [4.69, 9.17) is 9.47 Å². The lowest BCUT2D eigenvalue weighted by atomic mass is 10.2. The van der Waals surface area contributed by atoms with E-state index in [2.05, 4.69) is 12.2 Å². The summed E-state index contributed by atoms with van der Waals surface area (Å²) in [6, 6.07) is 0. The second kappa shape index (κ2) is 12.5. The highest BCUT2D eigenvalue weighted by Crippen LogP contribution is 1.96. The molecule has 0 aromatic heterocycles. The van der Waals surface area contributed by atoms with Crippen LogP contribution in [0, 0.1) is 0 Å². The molecular weight excluding hydrogens is 206 g/mol. The van der Waals surface area contributed by atoms with Crippen LogP contribution in [0.3, 0.4) is 0 Å². The van der Waals surface area contributed by atoms with Crippen LogP contribution in [0.1, 0.15) is 39.5 Å². The van der Waals surface area contributed by atoms with Crippen molar-refractivity contribution in [2.24, 2.45) is 0 Å². The molecule has 0 radical (unpaired) electrons. The van der Waals surface area contributed by atoms with Gasteiger partial charge in [-0.25, -0.2) is 4.79 Å². The SMILES string of the molecule is CCCCCCNCCOCC(=O)OCC. The Bertz CT molecular complexity index is 162. The number of esters is 1. The summed E-state index contributed by atoms with van der Waals surface area (Å²) in [5.74, 6) is -0.287. The van der Waals surface area contributed by atoms with Gasteiger partial charge in [0.15, 0.2) is 0 Å². The molecule has 0 aliphatic rings. The summed E-state index contributed by atoms with van der Waals surface area (Å²) in [7, 11) is 0. The molecule has 0 atom stereocenters. The van der Waals surface area contributed by atoms with Gasteiger partial charge in [0.05, 0.1) is 13.2 Å². The zero-order valence-corrected chi connectivity index (χ0v) is 10.6. The molecule has 96 valence electrons. The molecule has 4 nitrogen and oxygen atoms in total. The van der Waals surface area contributed by atoms with Crippen LogP contribution in [0.25, 0.3) is 0 Å². The van der Waals surface area contributed by atoms with E-state index in [0.717, 1.165) is 13.1 Å². The molecule has 0 saturated heterocycles. The molecule has 0 aromatic rings. The standard InChI is InChI=1S/C12H25NO3/c1-3-5-6-7-8-13-9-10-15-11-12(14)16-4-2/h13H,3-11H2,1-2H3. The van der Waals surface area contributed by atoms with E-state index < -0.39 is 0 Å². The Morgan fingerprint density at radius 1 is 1.12 bits per heavy atom. The summed E-state index contributed by atoms with van der Waals surface area (Å²) >= 11 is 0. The fraction of sp³-hybridized carbons (Fsp3) is 0.917. The molecule has 0 saturated carbocycles. The summed E-state index contributed by atoms with van der Waals surface area (Å²) in [6.45, 7) is 6.86. The first-order chi connectivity index (χ1) is 7.81. The van der Waals surface area contributed by atoms with E-state index in [1.165, 1.54) is 25.7 Å². The van der Waals surface area contributed by atoms with Gasteiger partial charge in [0.1, 0.15) is 6.61 Å². The van der Waals surface area contributed by atoms with Crippen LogP contribution in [-0.4, -0.2) is 38.9 Å². The Balaban J connectivity index is 3.01. The van der Waals surface area contributed by atoms with E-state index in [-0.39, 0.29) is 12.6 Å². The molecule has 0 amide bonds. The van der Waals surface area contributed by atoms with Gasteiger partial charge in [0, 0.05) is 6.54 Å². The molecule has 4 heteroatoms. The van der Waals surface area contributed by atoms with E-state index >= 15 is 0 Å². The van der Waals surface area contributed by atoms with Crippen LogP contribution in [0.2, 0.25) is 0 Å². The molecule has 0 unspecified atom stereocenters. The molecule has 0 bridgehead atoms. The van der Waals surface area contributed by atoms with Crippen molar-refractivity contribution in [3.8, 4) is 0 Å². The normalized spacial score (nSPS) is 10.4. The molecule has 0 aliphatic carbocycles. The molecular formula is C12H25NO3. The fourth-order valence-corrected chi connectivity index (χ4v) is 1.30. The van der Waals surface area contributed by atoms with Crippen LogP contribution < -0.4 is 5.32 Å². The highest BCUT2D eigenvalue weighted by atomic mass is 16.6. The number of hydrogen-bond acceptors (Lipinski definition) is 4. The average molecular weight is 231 g/mol. The Labute approximate surface area is 98.7 Å². The molecule has 16 heavy (non-hydrogen) atoms. The number of carbonyl (C=O) groups excluding carboxylic acids is 1. The van der Waals surface area contributed by atoms with Crippen molar-refractivity contribution in [1.29, 1.82) is 0 Å². The number of rotatable bonds is 11. The first kappa shape index (κ1) is 15.4. The second-order valence-corrected chi connectivity index (χ2v) is 3.67. The Hall–Kier alpha value is -0.610. The Kier molecular flexibility index (Phi) is 12.0. The predicted octanol–water partition coefficient (Wildman–Crippen LogP) is 1.74. The van der Waals surface area contributed by atoms with Crippen molar-refractivity contribution < 1.29 is 14.3 Å². The van der Waals surface area contributed by atoms with Crippen LogP contribution in [0.4, 0.5) is 0 Å². The van der Waals surface area contributed by atoms with Crippen LogP contribution >= 0.6 is 0 Å². The number of unbranched alkanes of at least 4 members (excludes halogenated alkanes) is 3. The van der Waals surface area contributed by atoms with Gasteiger partial charge in [-0.1, -0.05) is 26.2 Å². The van der Waals surface area contributed by atoms with E-state index in [1.54, 1.807) is 6.92 Å². The maximum Gasteiger partial charge on any atom is 0.332 e. The molecule has 0 rings (SSSR count). The second-order valence-electron chi connectivity index (χ2n) is 3.67. The van der Waals surface area contributed by atoms with Crippen LogP contribution in [0.5, 0.6) is 0 Å². The lowest BCUT2D eigenvalue weighted by Gasteiger charge is -2.05. The van der Waals surface area contributed by atoms with Gasteiger partial charge in [0.2, 0.25) is 0 Å². The fourth-order valence-electron chi connectivity index (χ4n) is 1.30. The lowest BCUT2D eigenvalue weighted by molar-refractivity contribution is -0.148. The number of ether oxygens (including phenoxy) is 2. The summed E-state index contributed by atoms with van der Waals surface area (Å²) in [4.78, 5) is 10.9. The highest BCUT2D eigenvalue weighted by molar-refractivity contribution is 5.70. The van der Waals surface area contributed by atoms with Gasteiger partial charge in [-0.05, 0) is 19.9 Å². The van der Waals surface area contributed by atoms with E-state index in [1.807, 2.05) is 0 Å². The monoisotopic (exact) mass is 231 g/mol. The number of carbonyl (C=O) groups is 1. The zero-order valence-electron chi connectivity index (χ0n) is 10.6. The lowest BCUT2D eigenvalue weighted by Crippen LogP contribution is -2.22. The third-order valence-corrected chi connectivity index (χ3v) is 2.16. The maximum absolute atomic E-state index is 10.9. The minimum Gasteiger partial charge on any atom is -0.464 e. The molecule has 0 fully saturated rings. The molecule has 0 heterocycles. The number of hydrogen-bond donors (Lipinski definition) is 1. The molecule has 0 spiro atoms. The Morgan fingerprint density at radius 2 is 1.94 bits per heavy atom. The van der Waals surface area contributed by atoms with Gasteiger partial charge >= 0.3 is 5.97 Å². The van der Waals surface area contributed by atoms with Crippen molar-refractivity contribution in [1.82, 2.24) is 5.32 Å². The summed E-state index contributed by atoms with van der Waals surface area (Å²) < 4.78 is 9.87. The summed E-state index contributed by atoms with van der Waals surface area (Å²) in [6.07, 6.45) is 5.07. The minimum atomic E-state index is -0.287. The minimum absolute atomic E-state index is 0.0609. The van der Waals surface area contributed by atoms with Crippen molar-refractivity contribution in [2.75, 3.05) is 32.9 Å². The van der Waals surface area contributed by atoms with Crippen molar-refractivity contribution in [2.45, 2.75) is 39.5 Å². The molecule has 0 aromatic carbocycles. The zero-order chi connectivity index (χ0) is 12.1. The maximum atomic E-state index is 10.9. The Morgan fingerprint density at radius 3 is 2.62 bits per heavy atom. The third-order valence-electron chi connectivity index (χ3n) is 2.16. The largest absolute Gasteiger partial charge is 0.464 e. The van der Waals surface area contributed by atoms with E-state index in [9.17, 15) is 4.79 Å². The summed E-state index contributed by atoms with van der Waals surface area (Å²) in [5, 5.41) is 3.27. The van der Waals surface area contributed by atoms with Crippen LogP contribution in [0.15, 0.2) is 0 Å². The van der Waals surface area contributed by atoms with Gasteiger partial charge in [-0.15, -0.1) is 0 Å². The van der Waals surface area contributed by atoms with Crippen molar-refractivity contribution in [3.05, 3.63) is 0 Å². The van der Waals surface area contributed by atoms with Crippen molar-refractivity contribution >= 4 is 5.97 Å². The van der Waals surface area contributed by atoms with Crippen molar-refractivity contribution in [3.63, 3.8) is 0 Å². The third kappa shape index (κ3) is 11.5. The topological polar surface area (TPSA) is 47.6 Å². The smallest absolute Gasteiger partial charge is 0.332 e. The first-order valence-electron chi connectivity index (χ1n) is 6.25. The number of nitrogens with one attached hydrogen (secondary N) is 1. The van der Waals surface area contributed by atoms with Gasteiger partial charge in [-0.2, -0.15) is 0 Å². The highest BCUT2D eigenvalue weighted by Gasteiger charge is 1.99. The average Bonchev–Trinajstić information content (AvgIpc) is 2.27. The molecule has 1 N–H and O–H groups in total. The van der Waals surface area contributed by atoms with E-state index in [0.29, 0.717) is 13.2 Å². The van der Waals surface area contributed by atoms with Crippen LogP contribution in [-0.2, 0) is 14.3 Å². The predicted molar refractivity (Wildman–Crippen MR) is 64.5 cm³/mol. The summed E-state index contributed by atoms with van der Waals surface area (Å²) in [5.41, 5.74) is 0. The first-order valence-corrected chi connectivity index (χ1v) is 6.25.